The van der Waals surface area contributed by atoms with Crippen LogP contribution in [-0.4, -0.2) is 27.8 Å². The van der Waals surface area contributed by atoms with Gasteiger partial charge in [0.1, 0.15) is 12.1 Å². The third-order valence-corrected chi connectivity index (χ3v) is 3.37. The summed E-state index contributed by atoms with van der Waals surface area (Å²) < 4.78 is 6.63. The van der Waals surface area contributed by atoms with E-state index in [4.69, 9.17) is 16.3 Å². The number of ether oxygens (including phenoxy) is 1. The maximum Gasteiger partial charge on any atom is 0.295 e. The maximum absolute atomic E-state index is 12.2. The molecule has 1 aromatic heterocycles. The summed E-state index contributed by atoms with van der Waals surface area (Å²) >= 11 is 5.85. The van der Waals surface area contributed by atoms with Crippen LogP contribution in [0.4, 0.5) is 5.69 Å². The van der Waals surface area contributed by atoms with Gasteiger partial charge in [0.15, 0.2) is 0 Å². The Balaban J connectivity index is 1.76. The molecule has 0 aliphatic carbocycles. The van der Waals surface area contributed by atoms with Crippen LogP contribution in [0.2, 0.25) is 5.02 Å². The van der Waals surface area contributed by atoms with Gasteiger partial charge < -0.3 is 10.1 Å². The van der Waals surface area contributed by atoms with Crippen LogP contribution in [0.1, 0.15) is 10.6 Å². The molecule has 6 nitrogen and oxygen atoms in total. The van der Waals surface area contributed by atoms with Crippen molar-refractivity contribution >= 4 is 23.2 Å². The molecular weight excluding hydrogens is 316 g/mol. The van der Waals surface area contributed by atoms with E-state index in [9.17, 15) is 4.79 Å². The van der Waals surface area contributed by atoms with Gasteiger partial charge in [-0.15, -0.1) is 5.10 Å². The Kier molecular flexibility index (Phi) is 4.25. The molecule has 0 fully saturated rings. The van der Waals surface area contributed by atoms with Crippen molar-refractivity contribution in [2.45, 2.75) is 0 Å². The Bertz CT molecular complexity index is 830. The average molecular weight is 329 g/mol. The summed E-state index contributed by atoms with van der Waals surface area (Å²) in [5, 5.41) is 7.53. The van der Waals surface area contributed by atoms with Crippen LogP contribution in [0.5, 0.6) is 5.75 Å². The molecule has 0 bridgehead atoms. The lowest BCUT2D eigenvalue weighted by molar-refractivity contribution is 0.101. The molecule has 0 aliphatic heterocycles. The zero-order chi connectivity index (χ0) is 16.2. The van der Waals surface area contributed by atoms with Crippen LogP contribution in [0.15, 0.2) is 54.9 Å². The lowest BCUT2D eigenvalue weighted by Gasteiger charge is -2.05. The first-order valence-corrected chi connectivity index (χ1v) is 7.16. The highest BCUT2D eigenvalue weighted by Crippen LogP contribution is 2.17. The summed E-state index contributed by atoms with van der Waals surface area (Å²) in [7, 11) is 1.57. The molecule has 7 heteroatoms. The fourth-order valence-corrected chi connectivity index (χ4v) is 2.10. The number of aromatic nitrogens is 3. The van der Waals surface area contributed by atoms with Crippen LogP contribution < -0.4 is 10.1 Å². The zero-order valence-electron chi connectivity index (χ0n) is 12.2. The molecule has 1 amide bonds. The van der Waals surface area contributed by atoms with Gasteiger partial charge in [0.2, 0.25) is 5.82 Å². The van der Waals surface area contributed by atoms with Gasteiger partial charge in [0, 0.05) is 16.8 Å². The number of halogens is 1. The second-order valence-corrected chi connectivity index (χ2v) is 5.11. The summed E-state index contributed by atoms with van der Waals surface area (Å²) in [6.45, 7) is 0. The van der Waals surface area contributed by atoms with E-state index >= 15 is 0 Å². The van der Waals surface area contributed by atoms with E-state index in [1.165, 1.54) is 11.0 Å². The molecule has 0 saturated carbocycles. The number of amides is 1. The van der Waals surface area contributed by atoms with E-state index in [1.807, 2.05) is 0 Å². The first kappa shape index (κ1) is 15.1. The first-order valence-electron chi connectivity index (χ1n) is 6.79. The van der Waals surface area contributed by atoms with Crippen molar-refractivity contribution in [2.75, 3.05) is 12.4 Å². The predicted octanol–water partition coefficient (Wildman–Crippen LogP) is 3.18. The van der Waals surface area contributed by atoms with Crippen molar-refractivity contribution in [2.24, 2.45) is 0 Å². The minimum absolute atomic E-state index is 0.0720. The van der Waals surface area contributed by atoms with Gasteiger partial charge in [-0.1, -0.05) is 17.7 Å². The minimum Gasteiger partial charge on any atom is -0.497 e. The van der Waals surface area contributed by atoms with Crippen molar-refractivity contribution in [1.29, 1.82) is 0 Å². The van der Waals surface area contributed by atoms with Crippen LogP contribution in [0, 0.1) is 0 Å². The Hall–Kier alpha value is -2.86. The second kappa shape index (κ2) is 6.50. The number of methoxy groups -OCH3 is 1. The highest BCUT2D eigenvalue weighted by atomic mass is 35.5. The van der Waals surface area contributed by atoms with E-state index < -0.39 is 5.91 Å². The number of hydrogen-bond donors (Lipinski definition) is 1. The minimum atomic E-state index is -0.397. The van der Waals surface area contributed by atoms with E-state index in [-0.39, 0.29) is 5.82 Å². The molecule has 0 radical (unpaired) electrons. The maximum atomic E-state index is 12.2. The smallest absolute Gasteiger partial charge is 0.295 e. The number of hydrogen-bond acceptors (Lipinski definition) is 4. The second-order valence-electron chi connectivity index (χ2n) is 4.68. The third-order valence-electron chi connectivity index (χ3n) is 3.11. The fraction of sp³-hybridized carbons (Fsp3) is 0.0625. The number of nitrogens with zero attached hydrogens (tertiary/aromatic N) is 3. The van der Waals surface area contributed by atoms with Gasteiger partial charge in [0.05, 0.1) is 12.8 Å². The van der Waals surface area contributed by atoms with Crippen molar-refractivity contribution in [1.82, 2.24) is 14.8 Å². The van der Waals surface area contributed by atoms with Gasteiger partial charge in [-0.3, -0.25) is 4.79 Å². The molecule has 2 aromatic carbocycles. The van der Waals surface area contributed by atoms with Gasteiger partial charge in [-0.2, -0.15) is 0 Å². The molecule has 0 aliphatic rings. The Labute approximate surface area is 137 Å². The highest BCUT2D eigenvalue weighted by Gasteiger charge is 2.12. The standard InChI is InChI=1S/C16H13ClN4O2/c1-23-14-4-2-3-12(9-14)19-16(22)15-18-10-21(20-15)13-7-5-11(17)6-8-13/h2-10H,1H3,(H,19,22). The highest BCUT2D eigenvalue weighted by molar-refractivity contribution is 6.30. The Morgan fingerprint density at radius 1 is 1.22 bits per heavy atom. The topological polar surface area (TPSA) is 69.0 Å². The zero-order valence-corrected chi connectivity index (χ0v) is 13.0. The molecule has 23 heavy (non-hydrogen) atoms. The fourth-order valence-electron chi connectivity index (χ4n) is 1.97. The number of benzene rings is 2. The van der Waals surface area contributed by atoms with Crippen molar-refractivity contribution in [3.05, 3.63) is 65.7 Å². The van der Waals surface area contributed by atoms with E-state index in [1.54, 1.807) is 55.6 Å². The largest absolute Gasteiger partial charge is 0.497 e. The first-order chi connectivity index (χ1) is 11.2. The SMILES string of the molecule is COc1cccc(NC(=O)c2ncn(-c3ccc(Cl)cc3)n2)c1. The number of anilines is 1. The molecule has 3 aromatic rings. The molecule has 0 unspecified atom stereocenters. The third kappa shape index (κ3) is 3.49. The van der Waals surface area contributed by atoms with Crippen LogP contribution in [0.3, 0.4) is 0 Å². The van der Waals surface area contributed by atoms with Crippen LogP contribution in [-0.2, 0) is 0 Å². The predicted molar refractivity (Wildman–Crippen MR) is 87.3 cm³/mol. The molecule has 0 atom stereocenters. The van der Waals surface area contributed by atoms with E-state index in [0.717, 1.165) is 5.69 Å². The Morgan fingerprint density at radius 2 is 2.00 bits per heavy atom. The molecule has 116 valence electrons. The molecule has 3 rings (SSSR count). The molecule has 1 heterocycles. The van der Waals surface area contributed by atoms with Crippen molar-refractivity contribution < 1.29 is 9.53 Å². The number of rotatable bonds is 4. The lowest BCUT2D eigenvalue weighted by atomic mass is 10.3. The van der Waals surface area contributed by atoms with Gasteiger partial charge >= 0.3 is 0 Å². The Morgan fingerprint density at radius 3 is 2.74 bits per heavy atom. The molecular formula is C16H13ClN4O2. The van der Waals surface area contributed by atoms with Crippen molar-refractivity contribution in [3.8, 4) is 11.4 Å². The lowest BCUT2D eigenvalue weighted by Crippen LogP contribution is -2.14. The van der Waals surface area contributed by atoms with Crippen LogP contribution >= 0.6 is 11.6 Å². The monoisotopic (exact) mass is 328 g/mol. The number of carbonyl (C=O) groups is 1. The van der Waals surface area contributed by atoms with Gasteiger partial charge in [-0.05, 0) is 36.4 Å². The summed E-state index contributed by atoms with van der Waals surface area (Å²) in [5.41, 5.74) is 1.37. The quantitative estimate of drug-likeness (QED) is 0.798. The van der Waals surface area contributed by atoms with E-state index in [0.29, 0.717) is 16.5 Å². The normalized spacial score (nSPS) is 10.3. The molecule has 0 saturated heterocycles. The molecule has 0 spiro atoms. The summed E-state index contributed by atoms with van der Waals surface area (Å²) in [4.78, 5) is 16.2. The number of nitrogens with one attached hydrogen (secondary N) is 1. The van der Waals surface area contributed by atoms with E-state index in [2.05, 4.69) is 15.4 Å². The summed E-state index contributed by atoms with van der Waals surface area (Å²) in [6, 6.07) is 14.1. The molecule has 1 N–H and O–H groups in total. The summed E-state index contributed by atoms with van der Waals surface area (Å²) in [6.07, 6.45) is 1.48. The number of carbonyl (C=O) groups excluding carboxylic acids is 1. The van der Waals surface area contributed by atoms with Crippen LogP contribution in [0.25, 0.3) is 5.69 Å². The van der Waals surface area contributed by atoms with Crippen molar-refractivity contribution in [3.63, 3.8) is 0 Å². The average Bonchev–Trinajstić information content (AvgIpc) is 3.06. The van der Waals surface area contributed by atoms with Gasteiger partial charge in [-0.25, -0.2) is 9.67 Å². The summed E-state index contributed by atoms with van der Waals surface area (Å²) in [5.74, 6) is 0.330. The van der Waals surface area contributed by atoms with Gasteiger partial charge in [0.25, 0.3) is 5.91 Å².